The number of carbonyl (C=O) groups is 1. The van der Waals surface area contributed by atoms with Gasteiger partial charge in [0.05, 0.1) is 17.6 Å². The number of hydrogen-bond donors (Lipinski definition) is 2. The van der Waals surface area contributed by atoms with Gasteiger partial charge in [0.1, 0.15) is 0 Å². The van der Waals surface area contributed by atoms with Crippen molar-refractivity contribution >= 4 is 16.8 Å². The van der Waals surface area contributed by atoms with E-state index in [0.717, 1.165) is 35.0 Å². The van der Waals surface area contributed by atoms with Gasteiger partial charge < -0.3 is 10.6 Å². The summed E-state index contributed by atoms with van der Waals surface area (Å²) in [5, 5.41) is 11.8. The fraction of sp³-hybridized carbons (Fsp3) is 0.350. The number of nitrogens with one attached hydrogen (secondary N) is 2. The van der Waals surface area contributed by atoms with Crippen LogP contribution < -0.4 is 10.6 Å². The third kappa shape index (κ3) is 3.32. The van der Waals surface area contributed by atoms with Crippen LogP contribution in [0.25, 0.3) is 10.9 Å². The first-order chi connectivity index (χ1) is 12.7. The summed E-state index contributed by atoms with van der Waals surface area (Å²) < 4.78 is 1.79. The fourth-order valence-corrected chi connectivity index (χ4v) is 3.76. The zero-order valence-electron chi connectivity index (χ0n) is 14.9. The predicted molar refractivity (Wildman–Crippen MR) is 101 cm³/mol. The number of aromatic nitrogens is 3. The lowest BCUT2D eigenvalue weighted by atomic mass is 9.90. The Morgan fingerprint density at radius 1 is 1.31 bits per heavy atom. The number of aryl methyl sites for hydroxylation is 1. The Bertz CT molecular complexity index is 914. The zero-order valence-corrected chi connectivity index (χ0v) is 14.9. The third-order valence-corrected chi connectivity index (χ3v) is 5.11. The number of hydrogen-bond acceptors (Lipinski definition) is 4. The highest BCUT2D eigenvalue weighted by Gasteiger charge is 2.34. The second-order valence-electron chi connectivity index (χ2n) is 6.85. The maximum absolute atomic E-state index is 12.7. The van der Waals surface area contributed by atoms with Gasteiger partial charge in [0.15, 0.2) is 0 Å². The van der Waals surface area contributed by atoms with Gasteiger partial charge in [-0.1, -0.05) is 24.3 Å². The van der Waals surface area contributed by atoms with Crippen molar-refractivity contribution in [1.82, 2.24) is 25.4 Å². The minimum absolute atomic E-state index is 0.0511. The molecule has 2 atom stereocenters. The Morgan fingerprint density at radius 3 is 3.04 bits per heavy atom. The maximum atomic E-state index is 12.7. The first-order valence-electron chi connectivity index (χ1n) is 9.02. The van der Waals surface area contributed by atoms with Gasteiger partial charge in [-0.2, -0.15) is 5.10 Å². The first kappa shape index (κ1) is 16.7. The normalized spacial score (nSPS) is 19.7. The summed E-state index contributed by atoms with van der Waals surface area (Å²) in [7, 11) is 1.90. The van der Waals surface area contributed by atoms with E-state index in [0.29, 0.717) is 13.1 Å². The van der Waals surface area contributed by atoms with Crippen LogP contribution in [0.2, 0.25) is 0 Å². The second kappa shape index (κ2) is 7.25. The van der Waals surface area contributed by atoms with Crippen molar-refractivity contribution in [1.29, 1.82) is 0 Å². The molecule has 2 N–H and O–H groups in total. The largest absolute Gasteiger partial charge is 0.355 e. The number of carbonyl (C=O) groups excluding carboxylic acids is 1. The molecule has 3 heterocycles. The molecular weight excluding hydrogens is 326 g/mol. The van der Waals surface area contributed by atoms with E-state index in [1.807, 2.05) is 37.8 Å². The van der Waals surface area contributed by atoms with E-state index in [-0.39, 0.29) is 17.7 Å². The molecule has 0 spiro atoms. The number of pyridine rings is 1. The lowest BCUT2D eigenvalue weighted by Gasteiger charge is -2.17. The summed E-state index contributed by atoms with van der Waals surface area (Å²) >= 11 is 0. The number of nitrogens with zero attached hydrogens (tertiary/aromatic N) is 3. The van der Waals surface area contributed by atoms with Crippen LogP contribution in [0, 0.1) is 5.92 Å². The molecule has 4 rings (SSSR count). The Morgan fingerprint density at radius 2 is 2.19 bits per heavy atom. The third-order valence-electron chi connectivity index (χ3n) is 5.11. The van der Waals surface area contributed by atoms with E-state index in [1.54, 1.807) is 4.68 Å². The molecule has 0 bridgehead atoms. The minimum Gasteiger partial charge on any atom is -0.355 e. The van der Waals surface area contributed by atoms with Crippen molar-refractivity contribution in [3.8, 4) is 0 Å². The topological polar surface area (TPSA) is 71.8 Å². The molecule has 0 radical (unpaired) electrons. The molecule has 134 valence electrons. The number of rotatable bonds is 5. The highest BCUT2D eigenvalue weighted by Crippen LogP contribution is 2.27. The summed E-state index contributed by atoms with van der Waals surface area (Å²) in [5.41, 5.74) is 3.30. The smallest absolute Gasteiger partial charge is 0.225 e. The van der Waals surface area contributed by atoms with E-state index in [9.17, 15) is 4.79 Å². The summed E-state index contributed by atoms with van der Waals surface area (Å²) in [4.78, 5) is 17.2. The molecule has 6 nitrogen and oxygen atoms in total. The van der Waals surface area contributed by atoms with Gasteiger partial charge in [0, 0.05) is 50.4 Å². The van der Waals surface area contributed by atoms with Crippen molar-refractivity contribution < 1.29 is 4.79 Å². The molecule has 0 unspecified atom stereocenters. The number of benzene rings is 1. The van der Waals surface area contributed by atoms with Crippen molar-refractivity contribution in [2.24, 2.45) is 13.0 Å². The van der Waals surface area contributed by atoms with Crippen molar-refractivity contribution in [2.45, 2.75) is 12.3 Å². The molecular formula is C20H23N5O. The Labute approximate surface area is 152 Å². The molecule has 1 aliphatic heterocycles. The lowest BCUT2D eigenvalue weighted by molar-refractivity contribution is -0.124. The van der Waals surface area contributed by atoms with Crippen LogP contribution in [0.15, 0.2) is 48.9 Å². The fourth-order valence-electron chi connectivity index (χ4n) is 3.76. The quantitative estimate of drug-likeness (QED) is 0.734. The highest BCUT2D eigenvalue weighted by atomic mass is 16.1. The predicted octanol–water partition coefficient (Wildman–Crippen LogP) is 1.63. The van der Waals surface area contributed by atoms with Crippen molar-refractivity contribution in [2.75, 3.05) is 19.6 Å². The molecule has 6 heteroatoms. The lowest BCUT2D eigenvalue weighted by Crippen LogP contribution is -2.35. The molecule has 0 aliphatic carbocycles. The van der Waals surface area contributed by atoms with Crippen LogP contribution in [-0.4, -0.2) is 40.3 Å². The summed E-state index contributed by atoms with van der Waals surface area (Å²) in [6, 6.07) is 10.2. The standard InChI is InChI=1S/C20H23N5O/c1-25-13-16(10-24-25)17-11-21-12-18(17)20(26)23-9-7-15-5-2-4-14-6-3-8-22-19(14)15/h2-6,8,10,13,17-18,21H,7,9,11-12H2,1H3,(H,23,26)/t17-,18+/m1/s1. The molecule has 1 aromatic carbocycles. The van der Waals surface area contributed by atoms with Gasteiger partial charge in [0.25, 0.3) is 0 Å². The average molecular weight is 349 g/mol. The van der Waals surface area contributed by atoms with E-state index >= 15 is 0 Å². The molecule has 26 heavy (non-hydrogen) atoms. The Kier molecular flexibility index (Phi) is 4.67. The van der Waals surface area contributed by atoms with E-state index in [2.05, 4.69) is 38.9 Å². The average Bonchev–Trinajstić information content (AvgIpc) is 3.30. The maximum Gasteiger partial charge on any atom is 0.225 e. The number of amides is 1. The SMILES string of the molecule is Cn1cc([C@H]2CNC[C@@H]2C(=O)NCCc2cccc3cccnc23)cn1. The second-order valence-corrected chi connectivity index (χ2v) is 6.85. The Hall–Kier alpha value is -2.73. The highest BCUT2D eigenvalue weighted by molar-refractivity contribution is 5.82. The molecule has 1 aliphatic rings. The molecule has 1 fully saturated rings. The first-order valence-corrected chi connectivity index (χ1v) is 9.02. The van der Waals surface area contributed by atoms with Crippen LogP contribution >= 0.6 is 0 Å². The van der Waals surface area contributed by atoms with Crippen molar-refractivity contribution in [3.05, 3.63) is 60.0 Å². The summed E-state index contributed by atoms with van der Waals surface area (Å²) in [6.45, 7) is 2.14. The monoisotopic (exact) mass is 349 g/mol. The van der Waals surface area contributed by atoms with E-state index < -0.39 is 0 Å². The number of para-hydroxylation sites is 1. The molecule has 1 amide bonds. The van der Waals surface area contributed by atoms with E-state index in [4.69, 9.17) is 0 Å². The van der Waals surface area contributed by atoms with Gasteiger partial charge >= 0.3 is 0 Å². The molecule has 2 aromatic heterocycles. The van der Waals surface area contributed by atoms with Crippen LogP contribution in [0.3, 0.4) is 0 Å². The van der Waals surface area contributed by atoms with Crippen LogP contribution in [-0.2, 0) is 18.3 Å². The van der Waals surface area contributed by atoms with Crippen LogP contribution in [0.4, 0.5) is 0 Å². The summed E-state index contributed by atoms with van der Waals surface area (Å²) in [6.07, 6.45) is 6.45. The summed E-state index contributed by atoms with van der Waals surface area (Å²) in [5.74, 6) is 0.241. The zero-order chi connectivity index (χ0) is 17.9. The van der Waals surface area contributed by atoms with Gasteiger partial charge in [-0.05, 0) is 23.6 Å². The van der Waals surface area contributed by atoms with Gasteiger partial charge in [-0.25, -0.2) is 0 Å². The van der Waals surface area contributed by atoms with Crippen LogP contribution in [0.1, 0.15) is 17.0 Å². The van der Waals surface area contributed by atoms with Crippen LogP contribution in [0.5, 0.6) is 0 Å². The molecule has 1 saturated heterocycles. The van der Waals surface area contributed by atoms with Crippen molar-refractivity contribution in [3.63, 3.8) is 0 Å². The molecule has 3 aromatic rings. The minimum atomic E-state index is -0.0511. The van der Waals surface area contributed by atoms with Gasteiger partial charge in [0.2, 0.25) is 5.91 Å². The van der Waals surface area contributed by atoms with Gasteiger partial charge in [-0.15, -0.1) is 0 Å². The number of fused-ring (bicyclic) bond motifs is 1. The van der Waals surface area contributed by atoms with Gasteiger partial charge in [-0.3, -0.25) is 14.5 Å². The molecule has 0 saturated carbocycles. The Balaban J connectivity index is 1.39. The van der Waals surface area contributed by atoms with E-state index in [1.165, 1.54) is 0 Å².